The maximum Gasteiger partial charge on any atom is 0.339 e. The lowest BCUT2D eigenvalue weighted by Crippen LogP contribution is -2.11. The molecular weight excluding hydrogens is 356 g/mol. The molecule has 0 atom stereocenters. The summed E-state index contributed by atoms with van der Waals surface area (Å²) in [6.07, 6.45) is 4.50. The lowest BCUT2D eigenvalue weighted by molar-refractivity contribution is 0.296. The highest BCUT2D eigenvalue weighted by Gasteiger charge is 2.22. The molecule has 1 aliphatic rings. The molecular formula is C19H20O6S. The highest BCUT2D eigenvalue weighted by Crippen LogP contribution is 2.35. The molecule has 2 aromatic carbocycles. The van der Waals surface area contributed by atoms with Crippen LogP contribution in [0.3, 0.4) is 0 Å². The van der Waals surface area contributed by atoms with Crippen LogP contribution in [0.4, 0.5) is 0 Å². The van der Waals surface area contributed by atoms with Crippen LogP contribution in [-0.4, -0.2) is 28.7 Å². The third-order valence-corrected chi connectivity index (χ3v) is 4.98. The van der Waals surface area contributed by atoms with E-state index in [0.29, 0.717) is 30.5 Å². The first-order chi connectivity index (χ1) is 12.5. The average molecular weight is 376 g/mol. The van der Waals surface area contributed by atoms with Crippen LogP contribution in [0.15, 0.2) is 47.4 Å². The van der Waals surface area contributed by atoms with Gasteiger partial charge in [-0.3, -0.25) is 0 Å². The molecule has 138 valence electrons. The Bertz CT molecular complexity index is 918. The predicted molar refractivity (Wildman–Crippen MR) is 97.6 cm³/mol. The van der Waals surface area contributed by atoms with E-state index in [1.165, 1.54) is 19.2 Å². The van der Waals surface area contributed by atoms with Crippen LogP contribution in [-0.2, 0) is 10.1 Å². The number of allylic oxidation sites excluding steroid dienone is 1. The summed E-state index contributed by atoms with van der Waals surface area (Å²) in [7, 11) is -2.59. The molecule has 7 heteroatoms. The van der Waals surface area contributed by atoms with Crippen molar-refractivity contribution in [3.8, 4) is 23.0 Å². The number of rotatable bonds is 5. The van der Waals surface area contributed by atoms with Crippen molar-refractivity contribution in [1.82, 2.24) is 0 Å². The SMILES string of the molecule is C/C=C/c1ccc(OS(=O)(=O)c2ccc3c(c2)OCCCO3)c(OC)c1. The van der Waals surface area contributed by atoms with E-state index < -0.39 is 10.1 Å². The number of hydrogen-bond acceptors (Lipinski definition) is 6. The lowest BCUT2D eigenvalue weighted by atomic mass is 10.2. The molecule has 6 nitrogen and oxygen atoms in total. The summed E-state index contributed by atoms with van der Waals surface area (Å²) in [6, 6.07) is 9.44. The average Bonchev–Trinajstić information content (AvgIpc) is 2.87. The minimum Gasteiger partial charge on any atom is -0.493 e. The molecule has 0 bridgehead atoms. The van der Waals surface area contributed by atoms with Crippen LogP contribution in [0.5, 0.6) is 23.0 Å². The van der Waals surface area contributed by atoms with Gasteiger partial charge in [0.05, 0.1) is 20.3 Å². The Morgan fingerprint density at radius 3 is 2.50 bits per heavy atom. The minimum atomic E-state index is -4.05. The fraction of sp³-hybridized carbons (Fsp3) is 0.263. The Morgan fingerprint density at radius 2 is 1.77 bits per heavy atom. The van der Waals surface area contributed by atoms with E-state index in [1.807, 2.05) is 19.1 Å². The molecule has 1 heterocycles. The summed E-state index contributed by atoms with van der Waals surface area (Å²) >= 11 is 0. The highest BCUT2D eigenvalue weighted by atomic mass is 32.2. The largest absolute Gasteiger partial charge is 0.493 e. The number of ether oxygens (including phenoxy) is 3. The molecule has 3 rings (SSSR count). The van der Waals surface area contributed by atoms with Gasteiger partial charge in [-0.2, -0.15) is 8.42 Å². The summed E-state index contributed by atoms with van der Waals surface area (Å²) in [4.78, 5) is -0.0127. The van der Waals surface area contributed by atoms with E-state index in [9.17, 15) is 8.42 Å². The third kappa shape index (κ3) is 3.94. The van der Waals surface area contributed by atoms with Gasteiger partial charge in [0, 0.05) is 12.5 Å². The molecule has 0 amide bonds. The number of fused-ring (bicyclic) bond motifs is 1. The fourth-order valence-electron chi connectivity index (χ4n) is 2.51. The standard InChI is InChI=1S/C19H20O6S/c1-3-5-14-6-8-17(18(12-14)22-2)25-26(20,21)15-7-9-16-19(13-15)24-11-4-10-23-16/h3,5-9,12-13H,4,10-11H2,1-2H3/b5-3+. The van der Waals surface area contributed by atoms with Gasteiger partial charge in [0.25, 0.3) is 0 Å². The van der Waals surface area contributed by atoms with Crippen LogP contribution < -0.4 is 18.4 Å². The number of benzene rings is 2. The first-order valence-electron chi connectivity index (χ1n) is 8.18. The predicted octanol–water partition coefficient (Wildman–Crippen LogP) is 3.66. The number of methoxy groups -OCH3 is 1. The molecule has 0 saturated heterocycles. The molecule has 1 aliphatic heterocycles. The molecule has 0 saturated carbocycles. The van der Waals surface area contributed by atoms with Crippen LogP contribution in [0.2, 0.25) is 0 Å². The van der Waals surface area contributed by atoms with E-state index in [2.05, 4.69) is 0 Å². The third-order valence-electron chi connectivity index (χ3n) is 3.75. The Morgan fingerprint density at radius 1 is 1.00 bits per heavy atom. The maximum atomic E-state index is 12.7. The van der Waals surface area contributed by atoms with Crippen molar-refractivity contribution < 1.29 is 26.8 Å². The van der Waals surface area contributed by atoms with Crippen LogP contribution >= 0.6 is 0 Å². The summed E-state index contributed by atoms with van der Waals surface area (Å²) in [5.74, 6) is 1.36. The molecule has 26 heavy (non-hydrogen) atoms. The van der Waals surface area contributed by atoms with Crippen molar-refractivity contribution in [3.05, 3.63) is 48.0 Å². The van der Waals surface area contributed by atoms with Gasteiger partial charge in [-0.15, -0.1) is 0 Å². The van der Waals surface area contributed by atoms with E-state index >= 15 is 0 Å². The summed E-state index contributed by atoms with van der Waals surface area (Å²) in [5, 5.41) is 0. The van der Waals surface area contributed by atoms with Crippen molar-refractivity contribution >= 4 is 16.2 Å². The molecule has 0 radical (unpaired) electrons. The fourth-order valence-corrected chi connectivity index (χ4v) is 3.47. The Hall–Kier alpha value is -2.67. The van der Waals surface area contributed by atoms with Gasteiger partial charge in [0.1, 0.15) is 4.90 Å². The monoisotopic (exact) mass is 376 g/mol. The van der Waals surface area contributed by atoms with Crippen LogP contribution in [0.25, 0.3) is 6.08 Å². The van der Waals surface area contributed by atoms with E-state index in [-0.39, 0.29) is 10.6 Å². The molecule has 0 aliphatic carbocycles. The lowest BCUT2D eigenvalue weighted by Gasteiger charge is -2.13. The van der Waals surface area contributed by atoms with Crippen LogP contribution in [0.1, 0.15) is 18.9 Å². The van der Waals surface area contributed by atoms with Gasteiger partial charge in [-0.25, -0.2) is 0 Å². The second-order valence-corrected chi connectivity index (χ2v) is 7.15. The Balaban J connectivity index is 1.91. The van der Waals surface area contributed by atoms with E-state index in [4.69, 9.17) is 18.4 Å². The van der Waals surface area contributed by atoms with Crippen molar-refractivity contribution in [2.75, 3.05) is 20.3 Å². The van der Waals surface area contributed by atoms with Crippen molar-refractivity contribution in [1.29, 1.82) is 0 Å². The highest BCUT2D eigenvalue weighted by molar-refractivity contribution is 7.87. The van der Waals surface area contributed by atoms with E-state index in [1.54, 1.807) is 24.3 Å². The number of hydrogen-bond donors (Lipinski definition) is 0. The minimum absolute atomic E-state index is 0.0127. The second-order valence-electron chi connectivity index (χ2n) is 5.61. The first kappa shape index (κ1) is 18.1. The van der Waals surface area contributed by atoms with Crippen LogP contribution in [0, 0.1) is 0 Å². The van der Waals surface area contributed by atoms with Crippen molar-refractivity contribution in [3.63, 3.8) is 0 Å². The zero-order valence-electron chi connectivity index (χ0n) is 14.6. The zero-order chi connectivity index (χ0) is 18.6. The molecule has 0 N–H and O–H groups in total. The molecule has 2 aromatic rings. The van der Waals surface area contributed by atoms with Gasteiger partial charge in [-0.05, 0) is 36.8 Å². The zero-order valence-corrected chi connectivity index (χ0v) is 15.4. The Labute approximate surface area is 153 Å². The molecule has 0 unspecified atom stereocenters. The van der Waals surface area contributed by atoms with Gasteiger partial charge < -0.3 is 18.4 Å². The summed E-state index contributed by atoms with van der Waals surface area (Å²) in [6.45, 7) is 2.90. The normalized spacial score (nSPS) is 14.1. The van der Waals surface area contributed by atoms with Crippen molar-refractivity contribution in [2.24, 2.45) is 0 Å². The summed E-state index contributed by atoms with van der Waals surface area (Å²) < 4.78 is 46.9. The maximum absolute atomic E-state index is 12.7. The smallest absolute Gasteiger partial charge is 0.339 e. The topological polar surface area (TPSA) is 71.1 Å². The molecule has 0 fully saturated rings. The first-order valence-corrected chi connectivity index (χ1v) is 9.59. The van der Waals surface area contributed by atoms with E-state index in [0.717, 1.165) is 12.0 Å². The van der Waals surface area contributed by atoms with Gasteiger partial charge in [0.2, 0.25) is 0 Å². The van der Waals surface area contributed by atoms with Crippen molar-refractivity contribution in [2.45, 2.75) is 18.2 Å². The Kier molecular flexibility index (Phi) is 5.37. The quantitative estimate of drug-likeness (QED) is 0.742. The van der Waals surface area contributed by atoms with Gasteiger partial charge in [-0.1, -0.05) is 18.2 Å². The van der Waals surface area contributed by atoms with Gasteiger partial charge in [0.15, 0.2) is 23.0 Å². The second kappa shape index (κ2) is 7.70. The van der Waals surface area contributed by atoms with Gasteiger partial charge >= 0.3 is 10.1 Å². The molecule has 0 aromatic heterocycles. The molecule has 0 spiro atoms. The summed E-state index contributed by atoms with van der Waals surface area (Å²) in [5.41, 5.74) is 0.879.